The zero-order valence-electron chi connectivity index (χ0n) is 13.5. The Labute approximate surface area is 139 Å². The smallest absolute Gasteiger partial charge is 0.315 e. The number of hydrogen-bond donors (Lipinski definition) is 3. The van der Waals surface area contributed by atoms with Gasteiger partial charge in [0.2, 0.25) is 0 Å². The van der Waals surface area contributed by atoms with Crippen molar-refractivity contribution in [3.05, 3.63) is 59.3 Å². The van der Waals surface area contributed by atoms with Crippen LogP contribution in [-0.2, 0) is 6.42 Å². The largest absolute Gasteiger partial charge is 0.467 e. The summed E-state index contributed by atoms with van der Waals surface area (Å²) in [6.07, 6.45) is 2.39. The van der Waals surface area contributed by atoms with Gasteiger partial charge in [-0.05, 0) is 49.1 Å². The third-order valence-electron chi connectivity index (χ3n) is 4.34. The molecule has 2 amide bonds. The van der Waals surface area contributed by atoms with E-state index in [1.54, 1.807) is 18.2 Å². The molecule has 128 valence electrons. The number of aliphatic hydroxyl groups is 1. The maximum absolute atomic E-state index is 13.7. The fraction of sp³-hybridized carbons (Fsp3) is 0.389. The number of carbonyl (C=O) groups excluding carboxylic acids is 1. The van der Waals surface area contributed by atoms with Crippen molar-refractivity contribution >= 4 is 6.03 Å². The predicted octanol–water partition coefficient (Wildman–Crippen LogP) is 3.22. The molecule has 0 radical (unpaired) electrons. The summed E-state index contributed by atoms with van der Waals surface area (Å²) in [5.74, 6) is 0.261. The Balaban J connectivity index is 1.52. The first-order valence-corrected chi connectivity index (χ1v) is 8.10. The molecule has 1 aromatic heterocycles. The first-order chi connectivity index (χ1) is 11.5. The van der Waals surface area contributed by atoms with Crippen molar-refractivity contribution in [3.63, 3.8) is 0 Å². The summed E-state index contributed by atoms with van der Waals surface area (Å²) in [6.45, 7) is 1.81. The second-order valence-corrected chi connectivity index (χ2v) is 6.18. The minimum atomic E-state index is -0.767. The van der Waals surface area contributed by atoms with Gasteiger partial charge in [0.15, 0.2) is 0 Å². The molecule has 0 saturated carbocycles. The van der Waals surface area contributed by atoms with Crippen LogP contribution >= 0.6 is 0 Å². The van der Waals surface area contributed by atoms with E-state index in [9.17, 15) is 14.3 Å². The Hall–Kier alpha value is -2.34. The van der Waals surface area contributed by atoms with Crippen LogP contribution in [-0.4, -0.2) is 17.2 Å². The maximum Gasteiger partial charge on any atom is 0.315 e. The van der Waals surface area contributed by atoms with Gasteiger partial charge < -0.3 is 20.2 Å². The molecule has 0 saturated heterocycles. The van der Waals surface area contributed by atoms with Gasteiger partial charge in [-0.15, -0.1) is 0 Å². The van der Waals surface area contributed by atoms with Crippen molar-refractivity contribution in [2.45, 2.75) is 44.4 Å². The predicted molar refractivity (Wildman–Crippen MR) is 86.9 cm³/mol. The van der Waals surface area contributed by atoms with Crippen molar-refractivity contribution in [1.29, 1.82) is 0 Å². The molecule has 3 N–H and O–H groups in total. The van der Waals surface area contributed by atoms with E-state index in [0.717, 1.165) is 5.56 Å². The fourth-order valence-corrected chi connectivity index (χ4v) is 3.17. The van der Waals surface area contributed by atoms with Gasteiger partial charge in [-0.25, -0.2) is 9.18 Å². The van der Waals surface area contributed by atoms with E-state index in [1.807, 2.05) is 13.0 Å². The Kier molecular flexibility index (Phi) is 4.85. The SMILES string of the molecule is C[C@H](C[C@@H](O)c1ccco1)NC(=O)N[C@H]1CCc2c(F)cccc21. The van der Waals surface area contributed by atoms with E-state index in [4.69, 9.17) is 4.42 Å². The highest BCUT2D eigenvalue weighted by atomic mass is 19.1. The first kappa shape index (κ1) is 16.5. The number of aliphatic hydroxyl groups excluding tert-OH is 1. The highest BCUT2D eigenvalue weighted by Crippen LogP contribution is 2.32. The number of fused-ring (bicyclic) bond motifs is 1. The fourth-order valence-electron chi connectivity index (χ4n) is 3.17. The first-order valence-electron chi connectivity index (χ1n) is 8.10. The highest BCUT2D eigenvalue weighted by molar-refractivity contribution is 5.75. The molecule has 6 heteroatoms. The molecular weight excluding hydrogens is 311 g/mol. The van der Waals surface area contributed by atoms with Crippen LogP contribution in [0.5, 0.6) is 0 Å². The van der Waals surface area contributed by atoms with Crippen molar-refractivity contribution in [3.8, 4) is 0 Å². The Morgan fingerprint density at radius 3 is 3.00 bits per heavy atom. The van der Waals surface area contributed by atoms with Gasteiger partial charge >= 0.3 is 6.03 Å². The third kappa shape index (κ3) is 3.59. The lowest BCUT2D eigenvalue weighted by Gasteiger charge is -2.20. The lowest BCUT2D eigenvalue weighted by atomic mass is 10.1. The lowest BCUT2D eigenvalue weighted by Crippen LogP contribution is -2.42. The summed E-state index contributed by atoms with van der Waals surface area (Å²) in [5.41, 5.74) is 1.53. The van der Waals surface area contributed by atoms with Crippen LogP contribution in [0.3, 0.4) is 0 Å². The maximum atomic E-state index is 13.7. The molecule has 0 aliphatic heterocycles. The normalized spacial score (nSPS) is 18.7. The Morgan fingerprint density at radius 1 is 1.42 bits per heavy atom. The van der Waals surface area contributed by atoms with Crippen LogP contribution < -0.4 is 10.6 Å². The lowest BCUT2D eigenvalue weighted by molar-refractivity contribution is 0.129. The number of hydrogen-bond acceptors (Lipinski definition) is 3. The van der Waals surface area contributed by atoms with Gasteiger partial charge in [0.1, 0.15) is 17.7 Å². The standard InChI is InChI=1S/C18H21FN2O3/c1-11(10-16(22)17-6-3-9-24-17)20-18(23)21-15-8-7-12-13(15)4-2-5-14(12)19/h2-6,9,11,15-16,22H,7-8,10H2,1H3,(H2,20,21,23)/t11-,15+,16-/m1/s1. The molecule has 0 fully saturated rings. The Morgan fingerprint density at radius 2 is 2.25 bits per heavy atom. The number of halogens is 1. The molecule has 24 heavy (non-hydrogen) atoms. The van der Waals surface area contributed by atoms with Crippen molar-refractivity contribution in [2.24, 2.45) is 0 Å². The molecule has 0 bridgehead atoms. The van der Waals surface area contributed by atoms with E-state index in [0.29, 0.717) is 30.6 Å². The van der Waals surface area contributed by atoms with Crippen molar-refractivity contribution in [1.82, 2.24) is 10.6 Å². The number of benzene rings is 1. The van der Waals surface area contributed by atoms with Crippen LogP contribution in [0.2, 0.25) is 0 Å². The van der Waals surface area contributed by atoms with Crippen LogP contribution in [0.4, 0.5) is 9.18 Å². The summed E-state index contributed by atoms with van der Waals surface area (Å²) in [4.78, 5) is 12.2. The zero-order valence-corrected chi connectivity index (χ0v) is 13.5. The number of amides is 2. The highest BCUT2D eigenvalue weighted by Gasteiger charge is 2.26. The van der Waals surface area contributed by atoms with Gasteiger partial charge in [-0.1, -0.05) is 12.1 Å². The average molecular weight is 332 g/mol. The van der Waals surface area contributed by atoms with Crippen LogP contribution in [0.1, 0.15) is 48.8 Å². The van der Waals surface area contributed by atoms with Gasteiger partial charge in [-0.3, -0.25) is 0 Å². The van der Waals surface area contributed by atoms with Crippen LogP contribution in [0.15, 0.2) is 41.0 Å². The van der Waals surface area contributed by atoms with Gasteiger partial charge in [-0.2, -0.15) is 0 Å². The molecule has 1 aromatic carbocycles. The van der Waals surface area contributed by atoms with E-state index in [2.05, 4.69) is 10.6 Å². The summed E-state index contributed by atoms with van der Waals surface area (Å²) in [7, 11) is 0. The van der Waals surface area contributed by atoms with E-state index >= 15 is 0 Å². The van der Waals surface area contributed by atoms with Crippen LogP contribution in [0, 0.1) is 5.82 Å². The van der Waals surface area contributed by atoms with Crippen LogP contribution in [0.25, 0.3) is 0 Å². The Bertz CT molecular complexity index is 702. The number of furan rings is 1. The quantitative estimate of drug-likeness (QED) is 0.787. The third-order valence-corrected chi connectivity index (χ3v) is 4.34. The molecular formula is C18H21FN2O3. The van der Waals surface area contributed by atoms with Gasteiger partial charge in [0.05, 0.1) is 12.3 Å². The van der Waals surface area contributed by atoms with Gasteiger partial charge in [0.25, 0.3) is 0 Å². The molecule has 3 rings (SSSR count). The number of carbonyl (C=O) groups is 1. The number of urea groups is 1. The minimum Gasteiger partial charge on any atom is -0.467 e. The summed E-state index contributed by atoms with van der Waals surface area (Å²) in [6, 6.07) is 7.61. The van der Waals surface area contributed by atoms with Crippen molar-refractivity contribution in [2.75, 3.05) is 0 Å². The summed E-state index contributed by atoms with van der Waals surface area (Å²) in [5, 5.41) is 15.7. The molecule has 0 unspecified atom stereocenters. The molecule has 2 aromatic rings. The second kappa shape index (κ2) is 7.05. The zero-order chi connectivity index (χ0) is 17.1. The average Bonchev–Trinajstić information content (AvgIpc) is 3.18. The van der Waals surface area contributed by atoms with Gasteiger partial charge in [0, 0.05) is 12.5 Å². The van der Waals surface area contributed by atoms with E-state index in [1.165, 1.54) is 12.3 Å². The van der Waals surface area contributed by atoms with E-state index < -0.39 is 6.10 Å². The molecule has 1 aliphatic carbocycles. The topological polar surface area (TPSA) is 74.5 Å². The second-order valence-electron chi connectivity index (χ2n) is 6.18. The summed E-state index contributed by atoms with van der Waals surface area (Å²) >= 11 is 0. The number of nitrogens with one attached hydrogen (secondary N) is 2. The molecule has 3 atom stereocenters. The van der Waals surface area contributed by atoms with Crippen molar-refractivity contribution < 1.29 is 18.7 Å². The summed E-state index contributed by atoms with van der Waals surface area (Å²) < 4.78 is 18.9. The molecule has 5 nitrogen and oxygen atoms in total. The number of rotatable bonds is 5. The van der Waals surface area contributed by atoms with E-state index in [-0.39, 0.29) is 23.9 Å². The molecule has 0 spiro atoms. The molecule has 1 heterocycles. The monoisotopic (exact) mass is 332 g/mol. The molecule has 1 aliphatic rings. The minimum absolute atomic E-state index is 0.183.